The molecule has 0 bridgehead atoms. The fraction of sp³-hybridized carbons (Fsp3) is 0.167. The van der Waals surface area contributed by atoms with Gasteiger partial charge < -0.3 is 15.7 Å². The lowest BCUT2D eigenvalue weighted by Crippen LogP contribution is -2.16. The Morgan fingerprint density at radius 3 is 3.08 bits per heavy atom. The molecule has 0 saturated heterocycles. The zero-order valence-electron chi connectivity index (χ0n) is 6.43. The Labute approximate surface area is 68.7 Å². The molecule has 0 aliphatic rings. The highest BCUT2D eigenvalue weighted by Gasteiger charge is 2.07. The van der Waals surface area contributed by atoms with Gasteiger partial charge in [-0.2, -0.15) is 0 Å². The summed E-state index contributed by atoms with van der Waals surface area (Å²) in [7, 11) is 1.45. The average molecular weight is 168 g/mol. The second-order valence-electron chi connectivity index (χ2n) is 1.92. The lowest BCUT2D eigenvalue weighted by atomic mass is 10.3. The molecule has 1 aromatic heterocycles. The molecule has 0 spiro atoms. The van der Waals surface area contributed by atoms with Crippen molar-refractivity contribution in [1.29, 1.82) is 0 Å². The highest BCUT2D eigenvalue weighted by molar-refractivity contribution is 5.97. The fourth-order valence-corrected chi connectivity index (χ4v) is 0.706. The zero-order chi connectivity index (χ0) is 8.97. The quantitative estimate of drug-likeness (QED) is 0.271. The molecule has 0 aliphatic carbocycles. The van der Waals surface area contributed by atoms with Crippen LogP contribution in [0.1, 0.15) is 5.69 Å². The van der Waals surface area contributed by atoms with Crippen molar-refractivity contribution < 1.29 is 9.94 Å². The molecule has 6 nitrogen and oxygen atoms in total. The predicted octanol–water partition coefficient (Wildman–Crippen LogP) is -0.420. The maximum atomic E-state index is 8.36. The van der Waals surface area contributed by atoms with E-state index in [1.807, 2.05) is 0 Å². The number of nitrogens with zero attached hydrogens (tertiary/aromatic N) is 3. The third kappa shape index (κ3) is 1.42. The maximum absolute atomic E-state index is 8.36. The van der Waals surface area contributed by atoms with Crippen LogP contribution in [0.15, 0.2) is 17.7 Å². The molecule has 0 atom stereocenters. The van der Waals surface area contributed by atoms with Crippen molar-refractivity contribution in [1.82, 2.24) is 9.97 Å². The number of ether oxygens (including phenoxy) is 1. The molecule has 0 aliphatic heterocycles. The van der Waals surface area contributed by atoms with Crippen molar-refractivity contribution in [2.24, 2.45) is 10.9 Å². The van der Waals surface area contributed by atoms with E-state index in [1.165, 1.54) is 19.6 Å². The Morgan fingerprint density at radius 1 is 1.75 bits per heavy atom. The van der Waals surface area contributed by atoms with Gasteiger partial charge in [-0.25, -0.2) is 9.97 Å². The smallest absolute Gasteiger partial charge is 0.192 e. The van der Waals surface area contributed by atoms with E-state index >= 15 is 0 Å². The standard InChI is InChI=1S/C6H8N4O2/c1-12-4-2-8-3-9-5(4)6(7)10-11/h2-3,11H,1H3,(H2,7,10). The Hall–Kier alpha value is -1.85. The summed E-state index contributed by atoms with van der Waals surface area (Å²) < 4.78 is 4.87. The van der Waals surface area contributed by atoms with Crippen molar-refractivity contribution in [2.75, 3.05) is 7.11 Å². The first kappa shape index (κ1) is 8.25. The van der Waals surface area contributed by atoms with Crippen LogP contribution in [0.4, 0.5) is 0 Å². The van der Waals surface area contributed by atoms with Crippen molar-refractivity contribution in [2.45, 2.75) is 0 Å². The molecule has 1 heterocycles. The molecule has 6 heteroatoms. The zero-order valence-corrected chi connectivity index (χ0v) is 6.43. The largest absolute Gasteiger partial charge is 0.493 e. The van der Waals surface area contributed by atoms with Gasteiger partial charge in [0.25, 0.3) is 0 Å². The normalized spacial score (nSPS) is 11.2. The molecule has 0 radical (unpaired) electrons. The van der Waals surface area contributed by atoms with Crippen LogP contribution in [0, 0.1) is 0 Å². The number of oxime groups is 1. The maximum Gasteiger partial charge on any atom is 0.192 e. The summed E-state index contributed by atoms with van der Waals surface area (Å²) in [5.41, 5.74) is 5.57. The van der Waals surface area contributed by atoms with E-state index in [0.717, 1.165) is 0 Å². The van der Waals surface area contributed by atoms with E-state index < -0.39 is 0 Å². The van der Waals surface area contributed by atoms with Gasteiger partial charge in [0.15, 0.2) is 17.3 Å². The van der Waals surface area contributed by atoms with Crippen molar-refractivity contribution >= 4 is 5.84 Å². The number of hydrogen-bond donors (Lipinski definition) is 2. The van der Waals surface area contributed by atoms with Crippen LogP contribution in [0.25, 0.3) is 0 Å². The minimum atomic E-state index is -0.103. The molecule has 1 aromatic rings. The van der Waals surface area contributed by atoms with Gasteiger partial charge in [0.1, 0.15) is 6.33 Å². The van der Waals surface area contributed by atoms with Crippen LogP contribution in [0.3, 0.4) is 0 Å². The van der Waals surface area contributed by atoms with Gasteiger partial charge in [-0.1, -0.05) is 5.16 Å². The molecule has 0 amide bonds. The molecule has 1 rings (SSSR count). The van der Waals surface area contributed by atoms with Gasteiger partial charge in [-0.3, -0.25) is 0 Å². The van der Waals surface area contributed by atoms with E-state index in [4.69, 9.17) is 15.7 Å². The number of methoxy groups -OCH3 is 1. The summed E-state index contributed by atoms with van der Waals surface area (Å²) in [6.07, 6.45) is 2.72. The first-order valence-corrected chi connectivity index (χ1v) is 3.11. The van der Waals surface area contributed by atoms with Crippen LogP contribution in [-0.4, -0.2) is 28.1 Å². The van der Waals surface area contributed by atoms with Crippen LogP contribution < -0.4 is 10.5 Å². The Bertz CT molecular complexity index is 299. The van der Waals surface area contributed by atoms with Crippen LogP contribution in [0.5, 0.6) is 5.75 Å². The highest BCUT2D eigenvalue weighted by atomic mass is 16.5. The number of rotatable bonds is 2. The summed E-state index contributed by atoms with van der Waals surface area (Å²) in [4.78, 5) is 7.47. The third-order valence-electron chi connectivity index (χ3n) is 1.25. The SMILES string of the molecule is COc1cncnc1/C(N)=N/O. The lowest BCUT2D eigenvalue weighted by molar-refractivity contribution is 0.318. The van der Waals surface area contributed by atoms with E-state index in [-0.39, 0.29) is 11.5 Å². The predicted molar refractivity (Wildman–Crippen MR) is 41.1 cm³/mol. The Balaban J connectivity index is 3.13. The van der Waals surface area contributed by atoms with Crippen LogP contribution >= 0.6 is 0 Å². The summed E-state index contributed by atoms with van der Waals surface area (Å²) in [6, 6.07) is 0. The molecule has 0 fully saturated rings. The molecule has 12 heavy (non-hydrogen) atoms. The van der Waals surface area contributed by atoms with Gasteiger partial charge in [-0.15, -0.1) is 0 Å². The number of amidine groups is 1. The molecular formula is C6H8N4O2. The summed E-state index contributed by atoms with van der Waals surface area (Å²) in [5, 5.41) is 11.1. The number of nitrogens with two attached hydrogens (primary N) is 1. The summed E-state index contributed by atoms with van der Waals surface area (Å²) >= 11 is 0. The second-order valence-corrected chi connectivity index (χ2v) is 1.92. The topological polar surface area (TPSA) is 93.6 Å². The van der Waals surface area contributed by atoms with Gasteiger partial charge in [-0.05, 0) is 0 Å². The first-order chi connectivity index (χ1) is 5.79. The minimum Gasteiger partial charge on any atom is -0.493 e. The van der Waals surface area contributed by atoms with Crippen LogP contribution in [-0.2, 0) is 0 Å². The summed E-state index contributed by atoms with van der Waals surface area (Å²) in [6.45, 7) is 0. The Kier molecular flexibility index (Phi) is 2.42. The molecular weight excluding hydrogens is 160 g/mol. The second kappa shape index (κ2) is 3.51. The van der Waals surface area contributed by atoms with Gasteiger partial charge >= 0.3 is 0 Å². The van der Waals surface area contributed by atoms with Gasteiger partial charge in [0, 0.05) is 0 Å². The number of aromatic nitrogens is 2. The molecule has 3 N–H and O–H groups in total. The lowest BCUT2D eigenvalue weighted by Gasteiger charge is -2.02. The average Bonchev–Trinajstić information content (AvgIpc) is 2.16. The Morgan fingerprint density at radius 2 is 2.50 bits per heavy atom. The molecule has 0 saturated carbocycles. The third-order valence-corrected chi connectivity index (χ3v) is 1.25. The first-order valence-electron chi connectivity index (χ1n) is 3.11. The molecule has 0 unspecified atom stereocenters. The van der Waals surface area contributed by atoms with Crippen molar-refractivity contribution in [3.63, 3.8) is 0 Å². The molecule has 0 aromatic carbocycles. The van der Waals surface area contributed by atoms with Crippen molar-refractivity contribution in [3.8, 4) is 5.75 Å². The molecule has 64 valence electrons. The fourth-order valence-electron chi connectivity index (χ4n) is 0.706. The van der Waals surface area contributed by atoms with E-state index in [0.29, 0.717) is 5.75 Å². The van der Waals surface area contributed by atoms with Gasteiger partial charge in [0.05, 0.1) is 13.3 Å². The van der Waals surface area contributed by atoms with Crippen molar-refractivity contribution in [3.05, 3.63) is 18.2 Å². The van der Waals surface area contributed by atoms with Gasteiger partial charge in [0.2, 0.25) is 0 Å². The summed E-state index contributed by atoms with van der Waals surface area (Å²) in [5.74, 6) is 0.266. The minimum absolute atomic E-state index is 0.103. The highest BCUT2D eigenvalue weighted by Crippen LogP contribution is 2.11. The van der Waals surface area contributed by atoms with Crippen LogP contribution in [0.2, 0.25) is 0 Å². The van der Waals surface area contributed by atoms with E-state index in [2.05, 4.69) is 15.1 Å². The van der Waals surface area contributed by atoms with E-state index in [1.54, 1.807) is 0 Å². The monoisotopic (exact) mass is 168 g/mol. The number of hydrogen-bond acceptors (Lipinski definition) is 5. The van der Waals surface area contributed by atoms with E-state index in [9.17, 15) is 0 Å².